The second kappa shape index (κ2) is 6.94. The molecular formula is C22H17NO3. The van der Waals surface area contributed by atoms with Gasteiger partial charge in [-0.2, -0.15) is 0 Å². The van der Waals surface area contributed by atoms with Crippen molar-refractivity contribution in [2.75, 3.05) is 0 Å². The number of pyridine rings is 1. The molecule has 0 saturated heterocycles. The average Bonchev–Trinajstić information content (AvgIpc) is 2.72. The number of para-hydroxylation sites is 1. The first-order valence-electron chi connectivity index (χ1n) is 8.39. The van der Waals surface area contributed by atoms with Gasteiger partial charge in [-0.1, -0.05) is 54.6 Å². The Labute approximate surface area is 150 Å². The first-order chi connectivity index (χ1) is 12.8. The van der Waals surface area contributed by atoms with Gasteiger partial charge in [-0.05, 0) is 29.1 Å². The number of aromatic nitrogens is 1. The molecule has 1 aromatic heterocycles. The SMILES string of the molecule is O=C(OCc1nc2ccccc2c2ccccc12)c1ccc(CO)cc1. The van der Waals surface area contributed by atoms with Gasteiger partial charge in [-0.15, -0.1) is 0 Å². The number of rotatable bonds is 4. The molecule has 0 unspecified atom stereocenters. The van der Waals surface area contributed by atoms with Crippen molar-refractivity contribution in [3.05, 3.63) is 89.6 Å². The van der Waals surface area contributed by atoms with Crippen LogP contribution in [0.25, 0.3) is 21.7 Å². The van der Waals surface area contributed by atoms with Crippen molar-refractivity contribution >= 4 is 27.6 Å². The van der Waals surface area contributed by atoms with Gasteiger partial charge in [0, 0.05) is 10.8 Å². The minimum absolute atomic E-state index is 0.0532. The Morgan fingerprint density at radius 3 is 2.23 bits per heavy atom. The molecule has 0 amide bonds. The Balaban J connectivity index is 1.64. The quantitative estimate of drug-likeness (QED) is 0.445. The summed E-state index contributed by atoms with van der Waals surface area (Å²) in [6.45, 7) is 0.0499. The maximum Gasteiger partial charge on any atom is 0.338 e. The second-order valence-corrected chi connectivity index (χ2v) is 6.05. The van der Waals surface area contributed by atoms with Gasteiger partial charge in [0.1, 0.15) is 6.61 Å². The summed E-state index contributed by atoms with van der Waals surface area (Å²) in [6, 6.07) is 22.7. The standard InChI is InChI=1S/C22H17NO3/c24-13-15-9-11-16(12-10-15)22(25)26-14-21-19-7-2-1-5-17(19)18-6-3-4-8-20(18)23-21/h1-12,24H,13-14H2. The topological polar surface area (TPSA) is 59.4 Å². The fourth-order valence-electron chi connectivity index (χ4n) is 3.05. The number of esters is 1. The molecule has 0 saturated carbocycles. The highest BCUT2D eigenvalue weighted by Crippen LogP contribution is 2.26. The van der Waals surface area contributed by atoms with Gasteiger partial charge in [0.15, 0.2) is 0 Å². The smallest absolute Gasteiger partial charge is 0.338 e. The number of carbonyl (C=O) groups is 1. The predicted molar refractivity (Wildman–Crippen MR) is 101 cm³/mol. The van der Waals surface area contributed by atoms with Gasteiger partial charge < -0.3 is 9.84 Å². The summed E-state index contributed by atoms with van der Waals surface area (Å²) in [6.07, 6.45) is 0. The van der Waals surface area contributed by atoms with Crippen molar-refractivity contribution < 1.29 is 14.6 Å². The molecular weight excluding hydrogens is 326 g/mol. The number of aliphatic hydroxyl groups is 1. The minimum atomic E-state index is -0.409. The van der Waals surface area contributed by atoms with Crippen molar-refractivity contribution in [1.82, 2.24) is 4.98 Å². The molecule has 0 spiro atoms. The first kappa shape index (κ1) is 16.2. The molecule has 4 aromatic rings. The van der Waals surface area contributed by atoms with Gasteiger partial charge in [0.05, 0.1) is 23.4 Å². The number of nitrogens with zero attached hydrogens (tertiary/aromatic N) is 1. The molecule has 3 aromatic carbocycles. The van der Waals surface area contributed by atoms with Gasteiger partial charge in [0.2, 0.25) is 0 Å². The number of benzene rings is 3. The third-order valence-corrected chi connectivity index (χ3v) is 4.40. The highest BCUT2D eigenvalue weighted by atomic mass is 16.5. The van der Waals surface area contributed by atoms with E-state index in [1.807, 2.05) is 42.5 Å². The lowest BCUT2D eigenvalue weighted by Crippen LogP contribution is -2.07. The van der Waals surface area contributed by atoms with E-state index in [1.54, 1.807) is 24.3 Å². The van der Waals surface area contributed by atoms with Crippen LogP contribution in [-0.2, 0) is 18.0 Å². The highest BCUT2D eigenvalue weighted by molar-refractivity contribution is 6.06. The lowest BCUT2D eigenvalue weighted by Gasteiger charge is -2.10. The maximum absolute atomic E-state index is 12.3. The third-order valence-electron chi connectivity index (χ3n) is 4.40. The number of aliphatic hydroxyl groups excluding tert-OH is 1. The van der Waals surface area contributed by atoms with Crippen molar-refractivity contribution in [3.63, 3.8) is 0 Å². The van der Waals surface area contributed by atoms with Crippen LogP contribution in [0.4, 0.5) is 0 Å². The molecule has 0 atom stereocenters. The largest absolute Gasteiger partial charge is 0.456 e. The predicted octanol–water partition coefficient (Wildman–Crippen LogP) is 4.24. The molecule has 0 aliphatic carbocycles. The fourth-order valence-corrected chi connectivity index (χ4v) is 3.05. The summed E-state index contributed by atoms with van der Waals surface area (Å²) in [4.78, 5) is 17.0. The van der Waals surface area contributed by atoms with Crippen LogP contribution < -0.4 is 0 Å². The molecule has 1 N–H and O–H groups in total. The van der Waals surface area contributed by atoms with E-state index >= 15 is 0 Å². The Hall–Kier alpha value is -3.24. The van der Waals surface area contributed by atoms with Crippen molar-refractivity contribution in [1.29, 1.82) is 0 Å². The molecule has 26 heavy (non-hydrogen) atoms. The molecule has 0 fully saturated rings. The van der Waals surface area contributed by atoms with E-state index in [1.165, 1.54) is 0 Å². The highest BCUT2D eigenvalue weighted by Gasteiger charge is 2.12. The number of carbonyl (C=O) groups excluding carboxylic acids is 1. The van der Waals surface area contributed by atoms with Gasteiger partial charge in [0.25, 0.3) is 0 Å². The fraction of sp³-hybridized carbons (Fsp3) is 0.0909. The van der Waals surface area contributed by atoms with E-state index in [0.717, 1.165) is 32.9 Å². The number of hydrogen-bond acceptors (Lipinski definition) is 4. The lowest BCUT2D eigenvalue weighted by atomic mass is 10.0. The maximum atomic E-state index is 12.3. The Kier molecular flexibility index (Phi) is 4.33. The summed E-state index contributed by atoms with van der Waals surface area (Å²) in [5.41, 5.74) is 2.82. The monoisotopic (exact) mass is 343 g/mol. The Morgan fingerprint density at radius 1 is 0.846 bits per heavy atom. The number of fused-ring (bicyclic) bond motifs is 3. The summed E-state index contributed by atoms with van der Waals surface area (Å²) in [5, 5.41) is 12.2. The normalized spacial score (nSPS) is 11.0. The van der Waals surface area contributed by atoms with E-state index in [-0.39, 0.29) is 13.2 Å². The van der Waals surface area contributed by atoms with Gasteiger partial charge in [-0.25, -0.2) is 9.78 Å². The van der Waals surface area contributed by atoms with E-state index in [9.17, 15) is 4.79 Å². The second-order valence-electron chi connectivity index (χ2n) is 6.05. The number of hydrogen-bond donors (Lipinski definition) is 1. The van der Waals surface area contributed by atoms with Crippen LogP contribution in [-0.4, -0.2) is 16.1 Å². The molecule has 4 nitrogen and oxygen atoms in total. The number of ether oxygens (including phenoxy) is 1. The van der Waals surface area contributed by atoms with Gasteiger partial charge >= 0.3 is 5.97 Å². The van der Waals surface area contributed by atoms with Crippen LogP contribution >= 0.6 is 0 Å². The first-order valence-corrected chi connectivity index (χ1v) is 8.39. The summed E-state index contributed by atoms with van der Waals surface area (Å²) in [7, 11) is 0. The minimum Gasteiger partial charge on any atom is -0.456 e. The van der Waals surface area contributed by atoms with Crippen molar-refractivity contribution in [3.8, 4) is 0 Å². The molecule has 4 heteroatoms. The van der Waals surface area contributed by atoms with Gasteiger partial charge in [-0.3, -0.25) is 0 Å². The zero-order chi connectivity index (χ0) is 17.9. The third kappa shape index (κ3) is 3.03. The van der Waals surface area contributed by atoms with Crippen molar-refractivity contribution in [2.24, 2.45) is 0 Å². The molecule has 128 valence electrons. The zero-order valence-electron chi connectivity index (χ0n) is 14.1. The molecule has 0 aliphatic rings. The Morgan fingerprint density at radius 2 is 1.50 bits per heavy atom. The Bertz CT molecular complexity index is 1090. The molecule has 0 radical (unpaired) electrons. The summed E-state index contributed by atoms with van der Waals surface area (Å²) in [5.74, 6) is -0.409. The zero-order valence-corrected chi connectivity index (χ0v) is 14.1. The summed E-state index contributed by atoms with van der Waals surface area (Å²) >= 11 is 0. The molecule has 0 aliphatic heterocycles. The van der Waals surface area contributed by atoms with Crippen LogP contribution in [0.1, 0.15) is 21.6 Å². The van der Waals surface area contributed by atoms with Crippen LogP contribution in [0.15, 0.2) is 72.8 Å². The van der Waals surface area contributed by atoms with E-state index < -0.39 is 5.97 Å². The molecule has 1 heterocycles. The average molecular weight is 343 g/mol. The van der Waals surface area contributed by atoms with E-state index in [0.29, 0.717) is 5.56 Å². The van der Waals surface area contributed by atoms with Crippen LogP contribution in [0.3, 0.4) is 0 Å². The summed E-state index contributed by atoms with van der Waals surface area (Å²) < 4.78 is 5.48. The molecule has 0 bridgehead atoms. The van der Waals surface area contributed by atoms with Crippen LogP contribution in [0.2, 0.25) is 0 Å². The van der Waals surface area contributed by atoms with E-state index in [2.05, 4.69) is 11.1 Å². The van der Waals surface area contributed by atoms with E-state index in [4.69, 9.17) is 9.84 Å². The van der Waals surface area contributed by atoms with Crippen LogP contribution in [0.5, 0.6) is 0 Å². The molecule has 4 rings (SSSR count). The van der Waals surface area contributed by atoms with Crippen LogP contribution in [0, 0.1) is 0 Å². The lowest BCUT2D eigenvalue weighted by molar-refractivity contribution is 0.0470. The van der Waals surface area contributed by atoms with Crippen molar-refractivity contribution in [2.45, 2.75) is 13.2 Å².